The van der Waals surface area contributed by atoms with E-state index in [0.717, 1.165) is 47.2 Å². The lowest BCUT2D eigenvalue weighted by Crippen LogP contribution is -2.29. The standard InChI is InChI=1S/C26H19F4NO3/c1-2-15-6-8-17(9-7-15)23(32)21-22(16-10-12-19(27)13-11-16)31(25(34)24(21)33)20-5-3-4-18(14-20)26(28,29)30/h3-14,22,32H,2H2,1H3/b23-21+. The first-order chi connectivity index (χ1) is 16.1. The molecule has 34 heavy (non-hydrogen) atoms. The predicted molar refractivity (Wildman–Crippen MR) is 118 cm³/mol. The van der Waals surface area contributed by atoms with Crippen LogP contribution in [0.25, 0.3) is 5.76 Å². The molecule has 1 aliphatic heterocycles. The van der Waals surface area contributed by atoms with Gasteiger partial charge in [-0.1, -0.05) is 49.4 Å². The summed E-state index contributed by atoms with van der Waals surface area (Å²) in [6.07, 6.45) is -3.92. The van der Waals surface area contributed by atoms with Crippen molar-refractivity contribution in [3.05, 3.63) is 106 Å². The first-order valence-corrected chi connectivity index (χ1v) is 10.4. The van der Waals surface area contributed by atoms with Crippen LogP contribution in [0, 0.1) is 5.82 Å². The van der Waals surface area contributed by atoms with Crippen molar-refractivity contribution in [1.82, 2.24) is 0 Å². The highest BCUT2D eigenvalue weighted by molar-refractivity contribution is 6.51. The summed E-state index contributed by atoms with van der Waals surface area (Å²) < 4.78 is 53.5. The molecule has 0 aromatic heterocycles. The summed E-state index contributed by atoms with van der Waals surface area (Å²) in [5.41, 5.74) is 0.0388. The number of carbonyl (C=O) groups is 2. The molecule has 1 saturated heterocycles. The van der Waals surface area contributed by atoms with E-state index >= 15 is 0 Å². The minimum atomic E-state index is -4.67. The Bertz CT molecular complexity index is 1280. The second-order valence-electron chi connectivity index (χ2n) is 7.82. The average molecular weight is 469 g/mol. The number of hydrogen-bond donors (Lipinski definition) is 1. The fourth-order valence-electron chi connectivity index (χ4n) is 3.95. The van der Waals surface area contributed by atoms with Crippen molar-refractivity contribution in [3.8, 4) is 0 Å². The highest BCUT2D eigenvalue weighted by Crippen LogP contribution is 2.43. The number of anilines is 1. The predicted octanol–water partition coefficient (Wildman–Crippen LogP) is 6.03. The number of aliphatic hydroxyl groups is 1. The lowest BCUT2D eigenvalue weighted by molar-refractivity contribution is -0.137. The Hall–Kier alpha value is -3.94. The van der Waals surface area contributed by atoms with Crippen LogP contribution >= 0.6 is 0 Å². The number of amides is 1. The molecular weight excluding hydrogens is 450 g/mol. The van der Waals surface area contributed by atoms with E-state index in [0.29, 0.717) is 0 Å². The summed E-state index contributed by atoms with van der Waals surface area (Å²) in [5, 5.41) is 11.0. The minimum Gasteiger partial charge on any atom is -0.507 e. The third-order valence-electron chi connectivity index (χ3n) is 5.72. The molecule has 0 bridgehead atoms. The molecule has 0 spiro atoms. The first-order valence-electron chi connectivity index (χ1n) is 10.4. The molecule has 1 atom stereocenters. The van der Waals surface area contributed by atoms with Gasteiger partial charge in [-0.2, -0.15) is 13.2 Å². The van der Waals surface area contributed by atoms with Gasteiger partial charge in [-0.25, -0.2) is 4.39 Å². The maximum Gasteiger partial charge on any atom is 0.416 e. The minimum absolute atomic E-state index is 0.174. The van der Waals surface area contributed by atoms with Crippen molar-refractivity contribution in [2.45, 2.75) is 25.6 Å². The summed E-state index contributed by atoms with van der Waals surface area (Å²) >= 11 is 0. The van der Waals surface area contributed by atoms with E-state index in [-0.39, 0.29) is 22.4 Å². The van der Waals surface area contributed by atoms with Crippen LogP contribution in [-0.2, 0) is 22.2 Å². The molecule has 3 aromatic carbocycles. The third kappa shape index (κ3) is 4.19. The van der Waals surface area contributed by atoms with E-state index in [2.05, 4.69) is 0 Å². The van der Waals surface area contributed by atoms with Crippen LogP contribution in [0.3, 0.4) is 0 Å². The van der Waals surface area contributed by atoms with Crippen LogP contribution in [0.2, 0.25) is 0 Å². The Morgan fingerprint density at radius 3 is 2.21 bits per heavy atom. The summed E-state index contributed by atoms with van der Waals surface area (Å²) in [6.45, 7) is 1.95. The number of hydrogen-bond acceptors (Lipinski definition) is 3. The molecule has 4 rings (SSSR count). The zero-order valence-corrected chi connectivity index (χ0v) is 17.9. The fourth-order valence-corrected chi connectivity index (χ4v) is 3.95. The lowest BCUT2D eigenvalue weighted by atomic mass is 9.94. The van der Waals surface area contributed by atoms with E-state index < -0.39 is 41.0 Å². The van der Waals surface area contributed by atoms with Gasteiger partial charge in [0.05, 0.1) is 17.2 Å². The largest absolute Gasteiger partial charge is 0.507 e. The second kappa shape index (κ2) is 8.78. The monoisotopic (exact) mass is 469 g/mol. The Morgan fingerprint density at radius 2 is 1.62 bits per heavy atom. The normalized spacial score (nSPS) is 17.9. The molecule has 0 aliphatic carbocycles. The molecule has 0 radical (unpaired) electrons. The number of ketones is 1. The van der Waals surface area contributed by atoms with Gasteiger partial charge in [0.2, 0.25) is 0 Å². The van der Waals surface area contributed by atoms with Crippen molar-refractivity contribution in [1.29, 1.82) is 0 Å². The van der Waals surface area contributed by atoms with Crippen LogP contribution in [0.5, 0.6) is 0 Å². The zero-order chi connectivity index (χ0) is 24.6. The molecule has 3 aromatic rings. The number of rotatable bonds is 4. The molecule has 1 aliphatic rings. The highest BCUT2D eigenvalue weighted by Gasteiger charge is 2.47. The van der Waals surface area contributed by atoms with Gasteiger partial charge in [-0.15, -0.1) is 0 Å². The molecule has 4 nitrogen and oxygen atoms in total. The maximum absolute atomic E-state index is 13.6. The zero-order valence-electron chi connectivity index (χ0n) is 17.9. The smallest absolute Gasteiger partial charge is 0.416 e. The van der Waals surface area contributed by atoms with E-state index in [9.17, 15) is 32.3 Å². The van der Waals surface area contributed by atoms with Crippen molar-refractivity contribution >= 4 is 23.1 Å². The second-order valence-corrected chi connectivity index (χ2v) is 7.82. The van der Waals surface area contributed by atoms with Crippen molar-refractivity contribution in [3.63, 3.8) is 0 Å². The number of Topliss-reactive ketones (excluding diaryl/α,β-unsaturated/α-hetero) is 1. The molecule has 1 amide bonds. The van der Waals surface area contributed by atoms with E-state index in [4.69, 9.17) is 0 Å². The van der Waals surface area contributed by atoms with Crippen molar-refractivity contribution in [2.75, 3.05) is 4.90 Å². The SMILES string of the molecule is CCc1ccc(/C(O)=C2\C(=O)C(=O)N(c3cccc(C(F)(F)F)c3)C2c2ccc(F)cc2)cc1. The number of benzene rings is 3. The molecule has 1 unspecified atom stereocenters. The van der Waals surface area contributed by atoms with E-state index in [1.54, 1.807) is 24.3 Å². The summed E-state index contributed by atoms with van der Waals surface area (Å²) in [5.74, 6) is -3.19. The number of carbonyl (C=O) groups excluding carboxylic acids is 2. The molecule has 174 valence electrons. The first kappa shape index (κ1) is 23.2. The van der Waals surface area contributed by atoms with E-state index in [1.165, 1.54) is 18.2 Å². The molecule has 1 fully saturated rings. The summed E-state index contributed by atoms with van der Waals surface area (Å²) in [7, 11) is 0. The quantitative estimate of drug-likeness (QED) is 0.220. The summed E-state index contributed by atoms with van der Waals surface area (Å²) in [6, 6.07) is 14.3. The Labute approximate surface area is 192 Å². The third-order valence-corrected chi connectivity index (χ3v) is 5.72. The van der Waals surface area contributed by atoms with Crippen LogP contribution in [0.1, 0.15) is 35.2 Å². The number of alkyl halides is 3. The van der Waals surface area contributed by atoms with Crippen LogP contribution in [-0.4, -0.2) is 16.8 Å². The van der Waals surface area contributed by atoms with Gasteiger partial charge >= 0.3 is 6.18 Å². The van der Waals surface area contributed by atoms with Crippen LogP contribution in [0.4, 0.5) is 23.2 Å². The molecule has 8 heteroatoms. The molecule has 0 saturated carbocycles. The van der Waals surface area contributed by atoms with Crippen molar-refractivity contribution in [2.24, 2.45) is 0 Å². The van der Waals surface area contributed by atoms with Gasteiger partial charge in [-0.3, -0.25) is 14.5 Å². The van der Waals surface area contributed by atoms with Gasteiger partial charge in [0, 0.05) is 11.3 Å². The topological polar surface area (TPSA) is 57.6 Å². The maximum atomic E-state index is 13.6. The lowest BCUT2D eigenvalue weighted by Gasteiger charge is -2.26. The number of halogens is 4. The Balaban J connectivity index is 1.92. The fraction of sp³-hybridized carbons (Fsp3) is 0.154. The number of aryl methyl sites for hydroxylation is 1. The van der Waals surface area contributed by atoms with Gasteiger partial charge in [0.15, 0.2) is 0 Å². The molecule has 1 N–H and O–H groups in total. The van der Waals surface area contributed by atoms with Crippen molar-refractivity contribution < 1.29 is 32.3 Å². The van der Waals surface area contributed by atoms with Gasteiger partial charge < -0.3 is 5.11 Å². The van der Waals surface area contributed by atoms with Crippen LogP contribution < -0.4 is 4.90 Å². The Kier molecular flexibility index (Phi) is 6.00. The van der Waals surface area contributed by atoms with Gasteiger partial charge in [0.1, 0.15) is 11.6 Å². The molecular formula is C26H19F4NO3. The number of aliphatic hydroxyl groups excluding tert-OH is 1. The number of nitrogens with zero attached hydrogens (tertiary/aromatic N) is 1. The average Bonchev–Trinajstić information content (AvgIpc) is 3.09. The molecule has 1 heterocycles. The summed E-state index contributed by atoms with van der Waals surface area (Å²) in [4.78, 5) is 27.0. The Morgan fingerprint density at radius 1 is 0.971 bits per heavy atom. The van der Waals surface area contributed by atoms with Crippen LogP contribution in [0.15, 0.2) is 78.4 Å². The van der Waals surface area contributed by atoms with Gasteiger partial charge in [-0.05, 0) is 47.9 Å². The van der Waals surface area contributed by atoms with Gasteiger partial charge in [0.25, 0.3) is 11.7 Å². The highest BCUT2D eigenvalue weighted by atomic mass is 19.4. The van der Waals surface area contributed by atoms with E-state index in [1.807, 2.05) is 6.92 Å².